The van der Waals surface area contributed by atoms with Gasteiger partial charge >= 0.3 is 12.1 Å². The molecule has 2 saturated carbocycles. The van der Waals surface area contributed by atoms with Crippen LogP contribution in [0.2, 0.25) is 0 Å². The predicted molar refractivity (Wildman–Crippen MR) is 219 cm³/mol. The minimum Gasteiger partial charge on any atom is -0.496 e. The average molecular weight is 819 g/mol. The molecule has 3 fully saturated rings. The molecule has 1 aromatic carbocycles. The van der Waals surface area contributed by atoms with Gasteiger partial charge < -0.3 is 40.2 Å². The summed E-state index contributed by atoms with van der Waals surface area (Å²) in [6.45, 7) is 14.9. The van der Waals surface area contributed by atoms with Crippen molar-refractivity contribution in [3.8, 4) is 22.9 Å². The molecule has 0 spiro atoms. The standard InChI is InChI=1S/C42H54N6O9S/c1-9-24-19-42(24,38(52)53)47-36(50)30-17-26(20-48(30)37(51)35(41(5,6)7)46-40(54)57-25-12-10-11-13-25)56-32-18-28(43-34-23(4)31(55-8)15-14-27(32)34)29-21-58-39(44-29)45-33(49)16-22(2)3/h9,14-15,18,21-22,24-26,30,35H,1,10-13,16-17,19-20H2,2-8H3,(H,46,54)(H,47,50)(H,52,53)(H,44,45,49)/t24-,26-,30+,35-,42-/m1/s1. The van der Waals surface area contributed by atoms with Crippen molar-refractivity contribution in [1.29, 1.82) is 0 Å². The molecule has 16 heteroatoms. The fourth-order valence-corrected chi connectivity index (χ4v) is 8.54. The van der Waals surface area contributed by atoms with Crippen molar-refractivity contribution in [2.75, 3.05) is 19.0 Å². The number of likely N-dealkylation sites (tertiary alicyclic amines) is 1. The van der Waals surface area contributed by atoms with Crippen molar-refractivity contribution >= 4 is 57.2 Å². The Hall–Kier alpha value is -5.25. The molecule has 1 saturated heterocycles. The Morgan fingerprint density at radius 1 is 1.09 bits per heavy atom. The molecule has 15 nitrogen and oxygen atoms in total. The maximum Gasteiger partial charge on any atom is 0.408 e. The zero-order chi connectivity index (χ0) is 42.1. The topological polar surface area (TPSA) is 198 Å². The fraction of sp³-hybridized carbons (Fsp3) is 0.548. The molecular formula is C42H54N6O9S. The summed E-state index contributed by atoms with van der Waals surface area (Å²) in [7, 11) is 1.57. The van der Waals surface area contributed by atoms with Crippen LogP contribution in [-0.4, -0.2) is 93.2 Å². The zero-order valence-electron chi connectivity index (χ0n) is 34.2. The van der Waals surface area contributed by atoms with Gasteiger partial charge in [0, 0.05) is 41.2 Å². The lowest BCUT2D eigenvalue weighted by atomic mass is 9.85. The van der Waals surface area contributed by atoms with E-state index in [0.29, 0.717) is 45.3 Å². The summed E-state index contributed by atoms with van der Waals surface area (Å²) in [5.41, 5.74) is -0.0425. The number of amides is 4. The highest BCUT2D eigenvalue weighted by molar-refractivity contribution is 7.14. The van der Waals surface area contributed by atoms with Crippen molar-refractivity contribution in [2.24, 2.45) is 17.3 Å². The molecule has 4 N–H and O–H groups in total. The number of rotatable bonds is 14. The van der Waals surface area contributed by atoms with Gasteiger partial charge in [0.25, 0.3) is 0 Å². The Balaban J connectivity index is 1.33. The highest BCUT2D eigenvalue weighted by Gasteiger charge is 2.61. The second-order valence-corrected chi connectivity index (χ2v) is 17.9. The number of carbonyl (C=O) groups is 5. The summed E-state index contributed by atoms with van der Waals surface area (Å²) in [4.78, 5) is 77.8. The largest absolute Gasteiger partial charge is 0.496 e. The number of aromatic nitrogens is 2. The molecular weight excluding hydrogens is 765 g/mol. The molecule has 3 aromatic rings. The number of anilines is 1. The van der Waals surface area contributed by atoms with Gasteiger partial charge in [-0.1, -0.05) is 40.7 Å². The first-order valence-corrected chi connectivity index (χ1v) is 20.7. The van der Waals surface area contributed by atoms with Crippen LogP contribution in [0.15, 0.2) is 36.2 Å². The van der Waals surface area contributed by atoms with Crippen LogP contribution < -0.4 is 25.4 Å². The summed E-state index contributed by atoms with van der Waals surface area (Å²) in [5.74, 6) is -1.80. The zero-order valence-corrected chi connectivity index (χ0v) is 35.0. The van der Waals surface area contributed by atoms with Gasteiger partial charge in [-0.25, -0.2) is 19.6 Å². The van der Waals surface area contributed by atoms with E-state index in [9.17, 15) is 29.1 Å². The molecule has 58 heavy (non-hydrogen) atoms. The van der Waals surface area contributed by atoms with Crippen LogP contribution in [0.25, 0.3) is 22.3 Å². The Morgan fingerprint density at radius 2 is 1.81 bits per heavy atom. The number of nitrogens with one attached hydrogen (secondary N) is 3. The second-order valence-electron chi connectivity index (χ2n) is 17.0. The van der Waals surface area contributed by atoms with E-state index in [4.69, 9.17) is 19.2 Å². The number of fused-ring (bicyclic) bond motifs is 1. The summed E-state index contributed by atoms with van der Waals surface area (Å²) in [6, 6.07) is 3.14. The number of carboxylic acids is 1. The second kappa shape index (κ2) is 16.9. The van der Waals surface area contributed by atoms with Crippen molar-refractivity contribution in [1.82, 2.24) is 25.5 Å². The molecule has 5 atom stereocenters. The normalized spacial score (nSPS) is 22.3. The third-order valence-electron chi connectivity index (χ3n) is 11.1. The molecule has 4 amide bonds. The number of ether oxygens (including phenoxy) is 3. The molecule has 3 heterocycles. The SMILES string of the molecule is C=C[C@@H]1C[C@]1(NC(=O)[C@@H]1C[C@@H](Oc2cc(-c3csc(NC(=O)CC(C)C)n3)nc3c(C)c(OC)ccc23)CN1C(=O)[C@@H](NC(=O)OC1CCCC1)C(C)(C)C)C(=O)O. The van der Waals surface area contributed by atoms with E-state index in [2.05, 4.69) is 27.5 Å². The van der Waals surface area contributed by atoms with Crippen LogP contribution in [0.1, 0.15) is 85.1 Å². The smallest absolute Gasteiger partial charge is 0.408 e. The molecule has 0 bridgehead atoms. The van der Waals surface area contributed by atoms with Crippen molar-refractivity contribution < 1.29 is 43.3 Å². The summed E-state index contributed by atoms with van der Waals surface area (Å²) in [6.07, 6.45) is 3.77. The van der Waals surface area contributed by atoms with Crippen molar-refractivity contribution in [2.45, 2.75) is 116 Å². The number of methoxy groups -OCH3 is 1. The van der Waals surface area contributed by atoms with Gasteiger partial charge in [0.1, 0.15) is 47.0 Å². The Kier molecular flexibility index (Phi) is 12.4. The maximum atomic E-state index is 14.6. The first-order chi connectivity index (χ1) is 27.4. The number of pyridine rings is 1. The molecule has 2 aromatic heterocycles. The highest BCUT2D eigenvalue weighted by atomic mass is 32.1. The number of thiazole rings is 1. The van der Waals surface area contributed by atoms with Crippen LogP contribution in [0.3, 0.4) is 0 Å². The van der Waals surface area contributed by atoms with E-state index >= 15 is 0 Å². The minimum atomic E-state index is -1.54. The molecule has 1 aliphatic heterocycles. The van der Waals surface area contributed by atoms with Gasteiger partial charge in [-0.15, -0.1) is 17.9 Å². The number of carbonyl (C=O) groups excluding carboxylic acids is 4. The number of hydrogen-bond donors (Lipinski definition) is 4. The van der Waals surface area contributed by atoms with Gasteiger partial charge in [0.2, 0.25) is 17.7 Å². The molecule has 0 unspecified atom stereocenters. The molecule has 2 aliphatic carbocycles. The first-order valence-electron chi connectivity index (χ1n) is 19.8. The monoisotopic (exact) mass is 818 g/mol. The molecule has 6 rings (SSSR count). The van der Waals surface area contributed by atoms with Gasteiger partial charge in [-0.3, -0.25) is 14.4 Å². The Morgan fingerprint density at radius 3 is 2.43 bits per heavy atom. The number of hydrogen-bond acceptors (Lipinski definition) is 11. The average Bonchev–Trinajstić information content (AvgIpc) is 3.56. The van der Waals surface area contributed by atoms with Crippen LogP contribution >= 0.6 is 11.3 Å². The Bertz CT molecular complexity index is 2090. The lowest BCUT2D eigenvalue weighted by Crippen LogP contribution is -2.59. The number of carboxylic acid groups (broad SMARTS) is 1. The summed E-state index contributed by atoms with van der Waals surface area (Å²) in [5, 5.41) is 21.3. The van der Waals surface area contributed by atoms with Gasteiger partial charge in [-0.05, 0) is 62.5 Å². The van der Waals surface area contributed by atoms with E-state index < -0.39 is 58.9 Å². The number of benzene rings is 1. The lowest BCUT2D eigenvalue weighted by Gasteiger charge is -2.35. The van der Waals surface area contributed by atoms with Crippen molar-refractivity contribution in [3.63, 3.8) is 0 Å². The van der Waals surface area contributed by atoms with Crippen LogP contribution in [0.4, 0.5) is 9.93 Å². The van der Waals surface area contributed by atoms with Crippen molar-refractivity contribution in [3.05, 3.63) is 41.8 Å². The number of aliphatic carboxylic acids is 1. The van der Waals surface area contributed by atoms with Gasteiger partial charge in [-0.2, -0.15) is 0 Å². The molecule has 0 radical (unpaired) electrons. The molecule has 312 valence electrons. The predicted octanol–water partition coefficient (Wildman–Crippen LogP) is 6.24. The number of nitrogens with zero attached hydrogens (tertiary/aromatic N) is 3. The van der Waals surface area contributed by atoms with Crippen LogP contribution in [0.5, 0.6) is 11.5 Å². The fourth-order valence-electron chi connectivity index (χ4n) is 7.82. The maximum absolute atomic E-state index is 14.6. The highest BCUT2D eigenvalue weighted by Crippen LogP contribution is 2.45. The lowest BCUT2D eigenvalue weighted by molar-refractivity contribution is -0.146. The van der Waals surface area contributed by atoms with E-state index in [1.807, 2.05) is 47.6 Å². The molecule has 3 aliphatic rings. The third-order valence-corrected chi connectivity index (χ3v) is 11.9. The quantitative estimate of drug-likeness (QED) is 0.134. The van der Waals surface area contributed by atoms with Gasteiger partial charge in [0.05, 0.1) is 24.9 Å². The summed E-state index contributed by atoms with van der Waals surface area (Å²) < 4.78 is 18.0. The van der Waals surface area contributed by atoms with E-state index in [1.165, 1.54) is 22.3 Å². The van der Waals surface area contributed by atoms with Crippen LogP contribution in [0, 0.1) is 24.2 Å². The van der Waals surface area contributed by atoms with Crippen LogP contribution in [-0.2, 0) is 23.9 Å². The number of alkyl carbamates (subject to hydrolysis) is 1. The van der Waals surface area contributed by atoms with E-state index in [-0.39, 0.29) is 37.3 Å². The Labute approximate surface area is 342 Å². The first kappa shape index (κ1) is 42.4. The third kappa shape index (κ3) is 9.06. The van der Waals surface area contributed by atoms with E-state index in [0.717, 1.165) is 31.2 Å². The van der Waals surface area contributed by atoms with Gasteiger partial charge in [0.15, 0.2) is 5.13 Å². The minimum absolute atomic E-state index is 0.0203. The number of aryl methyl sites for hydroxylation is 1. The summed E-state index contributed by atoms with van der Waals surface area (Å²) >= 11 is 1.27. The van der Waals surface area contributed by atoms with E-state index in [1.54, 1.807) is 24.6 Å².